The number of Topliss-reactive ketones (excluding diaryl/α,β-unsaturated/α-hetero) is 1. The van der Waals surface area contributed by atoms with E-state index in [0.717, 1.165) is 18.4 Å². The molecule has 0 aliphatic rings. The molecule has 0 radical (unpaired) electrons. The molecule has 0 saturated heterocycles. The van der Waals surface area contributed by atoms with Crippen molar-refractivity contribution in [2.24, 2.45) is 0 Å². The first-order valence-electron chi connectivity index (χ1n) is 13.3. The quantitative estimate of drug-likeness (QED) is 0.163. The van der Waals surface area contributed by atoms with E-state index in [1.165, 1.54) is 70.6 Å². The zero-order chi connectivity index (χ0) is 24.0. The Labute approximate surface area is 203 Å². The Bertz CT molecular complexity index is 642. The third-order valence-electron chi connectivity index (χ3n) is 5.99. The van der Waals surface area contributed by atoms with Gasteiger partial charge in [0.1, 0.15) is 0 Å². The number of allylic oxidation sites excluding steroid dienone is 2. The van der Waals surface area contributed by atoms with E-state index in [2.05, 4.69) is 24.4 Å². The van der Waals surface area contributed by atoms with Gasteiger partial charge < -0.3 is 10.2 Å². The largest absolute Gasteiger partial charge is 0.338 e. The van der Waals surface area contributed by atoms with E-state index in [9.17, 15) is 9.59 Å². The maximum atomic E-state index is 12.3. The Morgan fingerprint density at radius 3 is 2.03 bits per heavy atom. The van der Waals surface area contributed by atoms with Crippen LogP contribution < -0.4 is 5.32 Å². The van der Waals surface area contributed by atoms with Crippen LogP contribution in [0, 0.1) is 0 Å². The molecule has 1 amide bonds. The maximum Gasteiger partial charge on any atom is 0.222 e. The van der Waals surface area contributed by atoms with Crippen LogP contribution in [0.4, 0.5) is 0 Å². The predicted molar refractivity (Wildman–Crippen MR) is 140 cm³/mol. The van der Waals surface area contributed by atoms with Crippen LogP contribution in [-0.4, -0.2) is 36.7 Å². The lowest BCUT2D eigenvalue weighted by Gasteiger charge is -2.16. The van der Waals surface area contributed by atoms with Crippen LogP contribution in [0.15, 0.2) is 42.5 Å². The van der Waals surface area contributed by atoms with Gasteiger partial charge in [-0.15, -0.1) is 0 Å². The normalized spacial score (nSPS) is 11.2. The molecule has 0 atom stereocenters. The standard InChI is InChI=1S/C29H48N2O2/c1-3-4-5-6-7-8-9-10-11-12-13-14-15-16-20-23-29(33)31(2)26-28(32)25-30-24-27-21-18-17-19-22-27/h10-11,17-19,21-22,30H,3-9,12-16,20,23-26H2,1-2H3/b11-10-. The van der Waals surface area contributed by atoms with Gasteiger partial charge in [0.15, 0.2) is 5.78 Å². The zero-order valence-corrected chi connectivity index (χ0v) is 21.3. The van der Waals surface area contributed by atoms with Gasteiger partial charge in [-0.05, 0) is 37.7 Å². The van der Waals surface area contributed by atoms with Gasteiger partial charge in [-0.3, -0.25) is 9.59 Å². The number of ketones is 1. The SMILES string of the molecule is CCCCCCCC/C=C\CCCCCCCC(=O)N(C)CC(=O)CNCc1ccccc1. The van der Waals surface area contributed by atoms with Gasteiger partial charge in [0, 0.05) is 20.0 Å². The molecule has 0 aliphatic heterocycles. The summed E-state index contributed by atoms with van der Waals surface area (Å²) in [4.78, 5) is 25.9. The van der Waals surface area contributed by atoms with E-state index in [1.54, 1.807) is 11.9 Å². The fourth-order valence-corrected chi connectivity index (χ4v) is 3.89. The number of unbranched alkanes of at least 4 members (excludes halogenated alkanes) is 11. The third-order valence-corrected chi connectivity index (χ3v) is 5.99. The van der Waals surface area contributed by atoms with E-state index in [1.807, 2.05) is 30.3 Å². The molecule has 1 aromatic carbocycles. The Morgan fingerprint density at radius 2 is 1.39 bits per heavy atom. The molecule has 1 N–H and O–H groups in total. The van der Waals surface area contributed by atoms with Crippen LogP contribution in [0.25, 0.3) is 0 Å². The number of hydrogen-bond acceptors (Lipinski definition) is 3. The van der Waals surface area contributed by atoms with Crippen molar-refractivity contribution in [3.05, 3.63) is 48.0 Å². The molecular formula is C29H48N2O2. The second-order valence-electron chi connectivity index (χ2n) is 9.21. The molecule has 0 unspecified atom stereocenters. The lowest BCUT2D eigenvalue weighted by atomic mass is 10.1. The van der Waals surface area contributed by atoms with Gasteiger partial charge in [-0.2, -0.15) is 0 Å². The first-order chi connectivity index (χ1) is 16.1. The number of nitrogens with zero attached hydrogens (tertiary/aromatic N) is 1. The van der Waals surface area contributed by atoms with Crippen LogP contribution in [0.2, 0.25) is 0 Å². The monoisotopic (exact) mass is 456 g/mol. The van der Waals surface area contributed by atoms with Crippen molar-refractivity contribution in [1.29, 1.82) is 0 Å². The molecule has 1 aromatic rings. The number of carbonyl (C=O) groups excluding carboxylic acids is 2. The van der Waals surface area contributed by atoms with E-state index < -0.39 is 0 Å². The van der Waals surface area contributed by atoms with Gasteiger partial charge in [0.05, 0.1) is 13.1 Å². The molecule has 186 valence electrons. The Hall–Kier alpha value is -1.94. The summed E-state index contributed by atoms with van der Waals surface area (Å²) in [5.74, 6) is 0.121. The van der Waals surface area contributed by atoms with E-state index in [0.29, 0.717) is 19.5 Å². The molecule has 0 spiro atoms. The topological polar surface area (TPSA) is 49.4 Å². The number of amides is 1. The molecule has 0 heterocycles. The number of likely N-dealkylation sites (N-methyl/N-ethyl adjacent to an activating group) is 1. The summed E-state index contributed by atoms with van der Waals surface area (Å²) >= 11 is 0. The molecule has 4 heteroatoms. The van der Waals surface area contributed by atoms with Crippen molar-refractivity contribution in [3.63, 3.8) is 0 Å². The number of hydrogen-bond donors (Lipinski definition) is 1. The Balaban J connectivity index is 1.93. The second-order valence-corrected chi connectivity index (χ2v) is 9.21. The summed E-state index contributed by atoms with van der Waals surface area (Å²) in [6.45, 7) is 3.41. The first kappa shape index (κ1) is 29.1. The highest BCUT2D eigenvalue weighted by Gasteiger charge is 2.12. The van der Waals surface area contributed by atoms with Crippen molar-refractivity contribution < 1.29 is 9.59 Å². The molecule has 0 fully saturated rings. The summed E-state index contributed by atoms with van der Waals surface area (Å²) in [5.41, 5.74) is 1.15. The summed E-state index contributed by atoms with van der Waals surface area (Å²) in [6.07, 6.45) is 21.5. The summed E-state index contributed by atoms with van der Waals surface area (Å²) in [5, 5.41) is 3.15. The van der Waals surface area contributed by atoms with Gasteiger partial charge in [0.2, 0.25) is 5.91 Å². The van der Waals surface area contributed by atoms with Crippen molar-refractivity contribution >= 4 is 11.7 Å². The third kappa shape index (κ3) is 17.2. The van der Waals surface area contributed by atoms with E-state index in [4.69, 9.17) is 0 Å². The minimum Gasteiger partial charge on any atom is -0.338 e. The van der Waals surface area contributed by atoms with Crippen LogP contribution >= 0.6 is 0 Å². The minimum absolute atomic E-state index is 0.0475. The highest BCUT2D eigenvalue weighted by atomic mass is 16.2. The first-order valence-corrected chi connectivity index (χ1v) is 13.3. The summed E-state index contributed by atoms with van der Waals surface area (Å²) < 4.78 is 0. The fourth-order valence-electron chi connectivity index (χ4n) is 3.89. The van der Waals surface area contributed by atoms with Crippen molar-refractivity contribution in [2.75, 3.05) is 20.1 Å². The molecule has 33 heavy (non-hydrogen) atoms. The number of carbonyl (C=O) groups is 2. The van der Waals surface area contributed by atoms with Crippen LogP contribution in [-0.2, 0) is 16.1 Å². The average Bonchev–Trinajstić information content (AvgIpc) is 2.82. The molecule has 4 nitrogen and oxygen atoms in total. The summed E-state index contributed by atoms with van der Waals surface area (Å²) in [7, 11) is 1.73. The van der Waals surface area contributed by atoms with Crippen LogP contribution in [0.1, 0.15) is 102 Å². The average molecular weight is 457 g/mol. The number of nitrogens with one attached hydrogen (secondary N) is 1. The summed E-state index contributed by atoms with van der Waals surface area (Å²) in [6, 6.07) is 10.0. The van der Waals surface area contributed by atoms with Gasteiger partial charge in [0.25, 0.3) is 0 Å². The lowest BCUT2D eigenvalue weighted by molar-refractivity contribution is -0.133. The second kappa shape index (κ2) is 20.7. The highest BCUT2D eigenvalue weighted by Crippen LogP contribution is 2.10. The molecule has 0 aliphatic carbocycles. The van der Waals surface area contributed by atoms with Crippen molar-refractivity contribution in [1.82, 2.24) is 10.2 Å². The fraction of sp³-hybridized carbons (Fsp3) is 0.655. The Morgan fingerprint density at radius 1 is 0.818 bits per heavy atom. The van der Waals surface area contributed by atoms with E-state index >= 15 is 0 Å². The van der Waals surface area contributed by atoms with Gasteiger partial charge >= 0.3 is 0 Å². The highest BCUT2D eigenvalue weighted by molar-refractivity contribution is 5.87. The lowest BCUT2D eigenvalue weighted by Crippen LogP contribution is -2.36. The molecule has 0 aromatic heterocycles. The smallest absolute Gasteiger partial charge is 0.222 e. The zero-order valence-electron chi connectivity index (χ0n) is 21.3. The minimum atomic E-state index is 0.0475. The van der Waals surface area contributed by atoms with Crippen LogP contribution in [0.3, 0.4) is 0 Å². The maximum absolute atomic E-state index is 12.3. The molecule has 0 bridgehead atoms. The Kier molecular flexibility index (Phi) is 18.2. The van der Waals surface area contributed by atoms with E-state index in [-0.39, 0.29) is 18.2 Å². The van der Waals surface area contributed by atoms with Gasteiger partial charge in [-0.1, -0.05) is 101 Å². The molecular weight excluding hydrogens is 408 g/mol. The number of rotatable bonds is 21. The molecule has 0 saturated carbocycles. The van der Waals surface area contributed by atoms with Gasteiger partial charge in [-0.25, -0.2) is 0 Å². The molecule has 1 rings (SSSR count). The van der Waals surface area contributed by atoms with Crippen LogP contribution in [0.5, 0.6) is 0 Å². The van der Waals surface area contributed by atoms with Crippen molar-refractivity contribution in [3.8, 4) is 0 Å². The predicted octanol–water partition coefficient (Wildman–Crippen LogP) is 6.84. The number of benzene rings is 1. The van der Waals surface area contributed by atoms with Crippen molar-refractivity contribution in [2.45, 2.75) is 103 Å².